The Bertz CT molecular complexity index is 272. The van der Waals surface area contributed by atoms with Crippen molar-refractivity contribution in [3.8, 4) is 0 Å². The van der Waals surface area contributed by atoms with Crippen LogP contribution in [0.2, 0.25) is 0 Å². The topological polar surface area (TPSA) is 64.4 Å². The highest BCUT2D eigenvalue weighted by Crippen LogP contribution is 2.29. The third-order valence-corrected chi connectivity index (χ3v) is 5.72. The number of hydrogen-bond donors (Lipinski definition) is 2. The zero-order chi connectivity index (χ0) is 13.6. The number of carbonyl (C=O) groups is 1. The van der Waals surface area contributed by atoms with Gasteiger partial charge < -0.3 is 15.8 Å². The second-order valence-electron chi connectivity index (χ2n) is 5.05. The molecule has 0 saturated carbocycles. The molecule has 114 valence electrons. The van der Waals surface area contributed by atoms with Crippen molar-refractivity contribution >= 4 is 30.1 Å². The number of hydrogen-bond acceptors (Lipinski definition) is 4. The standard InChI is InChI=1S/C13H26N2O2S.ClH/c1-4-12(5-2,18-3)10-15-11(16)13(14)6-8-17-9-7-13;/h4-10,14H2,1-3H3,(H,15,16);1H. The lowest BCUT2D eigenvalue weighted by molar-refractivity contribution is -0.129. The third-order valence-electron chi connectivity index (χ3n) is 4.13. The molecular formula is C13H27ClN2O2S. The van der Waals surface area contributed by atoms with E-state index in [4.69, 9.17) is 10.5 Å². The van der Waals surface area contributed by atoms with Crippen LogP contribution < -0.4 is 11.1 Å². The van der Waals surface area contributed by atoms with Crippen LogP contribution in [0.3, 0.4) is 0 Å². The van der Waals surface area contributed by atoms with Gasteiger partial charge in [-0.25, -0.2) is 0 Å². The quantitative estimate of drug-likeness (QED) is 0.787. The van der Waals surface area contributed by atoms with E-state index in [1.165, 1.54) is 0 Å². The Labute approximate surface area is 127 Å². The molecule has 1 fully saturated rings. The molecule has 19 heavy (non-hydrogen) atoms. The van der Waals surface area contributed by atoms with Crippen LogP contribution in [0.5, 0.6) is 0 Å². The van der Waals surface area contributed by atoms with E-state index in [-0.39, 0.29) is 23.1 Å². The van der Waals surface area contributed by atoms with Gasteiger partial charge in [-0.3, -0.25) is 4.79 Å². The average Bonchev–Trinajstić information content (AvgIpc) is 2.41. The largest absolute Gasteiger partial charge is 0.381 e. The van der Waals surface area contributed by atoms with Crippen molar-refractivity contribution in [3.63, 3.8) is 0 Å². The SMILES string of the molecule is CCC(CC)(CNC(=O)C1(N)CCOCC1)SC.Cl. The normalized spacial score (nSPS) is 18.5. The summed E-state index contributed by atoms with van der Waals surface area (Å²) >= 11 is 1.82. The van der Waals surface area contributed by atoms with E-state index in [1.54, 1.807) is 0 Å². The molecule has 0 bridgehead atoms. The fourth-order valence-electron chi connectivity index (χ4n) is 2.24. The van der Waals surface area contributed by atoms with Gasteiger partial charge in [0.25, 0.3) is 0 Å². The first kappa shape index (κ1) is 19.0. The molecule has 6 heteroatoms. The average molecular weight is 311 g/mol. The van der Waals surface area contributed by atoms with E-state index in [2.05, 4.69) is 25.4 Å². The first-order valence-corrected chi connectivity index (χ1v) is 7.94. The van der Waals surface area contributed by atoms with E-state index in [0.717, 1.165) is 12.8 Å². The van der Waals surface area contributed by atoms with Crippen LogP contribution in [0.15, 0.2) is 0 Å². The summed E-state index contributed by atoms with van der Waals surface area (Å²) in [7, 11) is 0. The van der Waals surface area contributed by atoms with Gasteiger partial charge in [-0.15, -0.1) is 12.4 Å². The maximum absolute atomic E-state index is 12.2. The van der Waals surface area contributed by atoms with Crippen LogP contribution in [0.25, 0.3) is 0 Å². The van der Waals surface area contributed by atoms with Crippen molar-refractivity contribution in [1.29, 1.82) is 0 Å². The number of rotatable bonds is 6. The van der Waals surface area contributed by atoms with Gasteiger partial charge in [0.05, 0.1) is 5.54 Å². The van der Waals surface area contributed by atoms with E-state index < -0.39 is 5.54 Å². The van der Waals surface area contributed by atoms with E-state index in [1.807, 2.05) is 11.8 Å². The van der Waals surface area contributed by atoms with E-state index >= 15 is 0 Å². The van der Waals surface area contributed by atoms with Gasteiger partial charge in [-0.1, -0.05) is 13.8 Å². The fraction of sp³-hybridized carbons (Fsp3) is 0.923. The van der Waals surface area contributed by atoms with Crippen molar-refractivity contribution in [2.45, 2.75) is 49.8 Å². The van der Waals surface area contributed by atoms with Gasteiger partial charge in [0, 0.05) is 24.5 Å². The van der Waals surface area contributed by atoms with Gasteiger partial charge in [-0.05, 0) is 31.9 Å². The van der Waals surface area contributed by atoms with Crippen LogP contribution in [-0.4, -0.2) is 42.2 Å². The van der Waals surface area contributed by atoms with Crippen LogP contribution in [-0.2, 0) is 9.53 Å². The first-order chi connectivity index (χ1) is 8.52. The summed E-state index contributed by atoms with van der Waals surface area (Å²) in [6.07, 6.45) is 5.43. The van der Waals surface area contributed by atoms with Gasteiger partial charge in [0.2, 0.25) is 5.91 Å². The molecule has 1 rings (SSSR count). The predicted octanol–water partition coefficient (Wildman–Crippen LogP) is 1.95. The summed E-state index contributed by atoms with van der Waals surface area (Å²) in [6.45, 7) is 6.19. The van der Waals surface area contributed by atoms with Crippen molar-refractivity contribution in [2.24, 2.45) is 5.73 Å². The van der Waals surface area contributed by atoms with Gasteiger partial charge in [0.1, 0.15) is 0 Å². The van der Waals surface area contributed by atoms with Crippen LogP contribution in [0, 0.1) is 0 Å². The predicted molar refractivity (Wildman–Crippen MR) is 84.1 cm³/mol. The Hall–Kier alpha value is 0.0300. The molecule has 0 aromatic carbocycles. The molecule has 0 unspecified atom stereocenters. The highest BCUT2D eigenvalue weighted by Gasteiger charge is 2.37. The molecule has 1 saturated heterocycles. The molecule has 4 nitrogen and oxygen atoms in total. The molecule has 1 amide bonds. The van der Waals surface area contributed by atoms with Gasteiger partial charge in [0.15, 0.2) is 0 Å². The molecule has 1 aliphatic rings. The summed E-state index contributed by atoms with van der Waals surface area (Å²) in [5.74, 6) is -0.0221. The Morgan fingerprint density at radius 3 is 2.32 bits per heavy atom. The van der Waals surface area contributed by atoms with Crippen LogP contribution >= 0.6 is 24.2 Å². The highest BCUT2D eigenvalue weighted by atomic mass is 35.5. The summed E-state index contributed by atoms with van der Waals surface area (Å²) in [4.78, 5) is 12.2. The minimum atomic E-state index is -0.732. The molecule has 0 atom stereocenters. The number of nitrogens with two attached hydrogens (primary N) is 1. The maximum atomic E-state index is 12.2. The van der Waals surface area contributed by atoms with Crippen LogP contribution in [0.4, 0.5) is 0 Å². The minimum absolute atomic E-state index is 0. The van der Waals surface area contributed by atoms with E-state index in [0.29, 0.717) is 32.6 Å². The molecular weight excluding hydrogens is 284 g/mol. The third kappa shape index (κ3) is 4.81. The maximum Gasteiger partial charge on any atom is 0.240 e. The monoisotopic (exact) mass is 310 g/mol. The molecule has 1 heterocycles. The second-order valence-corrected chi connectivity index (χ2v) is 6.32. The lowest BCUT2D eigenvalue weighted by atomic mass is 9.90. The Morgan fingerprint density at radius 1 is 1.37 bits per heavy atom. The zero-order valence-electron chi connectivity index (χ0n) is 12.2. The summed E-state index contributed by atoms with van der Waals surface area (Å²) in [5.41, 5.74) is 5.43. The lowest BCUT2D eigenvalue weighted by Gasteiger charge is -2.35. The van der Waals surface area contributed by atoms with Crippen molar-refractivity contribution in [3.05, 3.63) is 0 Å². The van der Waals surface area contributed by atoms with E-state index in [9.17, 15) is 4.79 Å². The smallest absolute Gasteiger partial charge is 0.240 e. The van der Waals surface area contributed by atoms with Crippen molar-refractivity contribution < 1.29 is 9.53 Å². The molecule has 0 aromatic rings. The van der Waals surface area contributed by atoms with Gasteiger partial charge >= 0.3 is 0 Å². The number of halogens is 1. The first-order valence-electron chi connectivity index (χ1n) is 6.72. The minimum Gasteiger partial charge on any atom is -0.381 e. The lowest BCUT2D eigenvalue weighted by Crippen LogP contribution is -2.58. The molecule has 0 spiro atoms. The Kier molecular flexibility index (Phi) is 8.36. The Morgan fingerprint density at radius 2 is 1.89 bits per heavy atom. The van der Waals surface area contributed by atoms with Gasteiger partial charge in [-0.2, -0.15) is 11.8 Å². The fourth-order valence-corrected chi connectivity index (χ4v) is 3.03. The van der Waals surface area contributed by atoms with Crippen molar-refractivity contribution in [2.75, 3.05) is 26.0 Å². The summed E-state index contributed by atoms with van der Waals surface area (Å²) in [6, 6.07) is 0. The summed E-state index contributed by atoms with van der Waals surface area (Å²) in [5, 5.41) is 3.05. The molecule has 3 N–H and O–H groups in total. The van der Waals surface area contributed by atoms with Crippen LogP contribution in [0.1, 0.15) is 39.5 Å². The molecule has 0 radical (unpaired) electrons. The molecule has 0 aliphatic carbocycles. The number of nitrogens with one attached hydrogen (secondary N) is 1. The molecule has 0 aromatic heterocycles. The number of ether oxygens (including phenoxy) is 1. The number of carbonyl (C=O) groups excluding carboxylic acids is 1. The number of thioether (sulfide) groups is 1. The Balaban J connectivity index is 0.00000324. The highest BCUT2D eigenvalue weighted by molar-refractivity contribution is 8.00. The van der Waals surface area contributed by atoms with Crippen molar-refractivity contribution in [1.82, 2.24) is 5.32 Å². The molecule has 1 aliphatic heterocycles. The second kappa shape index (κ2) is 8.35. The number of amides is 1. The zero-order valence-corrected chi connectivity index (χ0v) is 13.8. The summed E-state index contributed by atoms with van der Waals surface area (Å²) < 4.78 is 5.40.